The predicted molar refractivity (Wildman–Crippen MR) is 115 cm³/mol. The van der Waals surface area contributed by atoms with Gasteiger partial charge in [0.15, 0.2) is 11.4 Å². The molecule has 7 nitrogen and oxygen atoms in total. The minimum absolute atomic E-state index is 0.0592. The van der Waals surface area contributed by atoms with Crippen LogP contribution >= 0.6 is 11.6 Å². The van der Waals surface area contributed by atoms with Gasteiger partial charge in [0.2, 0.25) is 0 Å². The second-order valence-electron chi connectivity index (χ2n) is 6.54. The van der Waals surface area contributed by atoms with E-state index >= 15 is 0 Å². The summed E-state index contributed by atoms with van der Waals surface area (Å²) in [5.74, 6) is -0.244. The van der Waals surface area contributed by atoms with Gasteiger partial charge in [-0.1, -0.05) is 29.8 Å². The molecular formula is C22H21ClN4O3. The maximum absolute atomic E-state index is 12.6. The fraction of sp³-hybridized carbons (Fsp3) is 0.182. The van der Waals surface area contributed by atoms with Crippen LogP contribution in [0.1, 0.15) is 32.1 Å². The van der Waals surface area contributed by atoms with Crippen LogP contribution in [0.4, 0.5) is 5.69 Å². The maximum atomic E-state index is 12.6. The first-order valence-electron chi connectivity index (χ1n) is 9.31. The number of halogens is 1. The molecule has 3 rings (SSSR count). The second kappa shape index (κ2) is 9.84. The third-order valence-corrected chi connectivity index (χ3v) is 4.53. The number of carbonyl (C=O) groups excluding carboxylic acids is 2. The van der Waals surface area contributed by atoms with Crippen molar-refractivity contribution in [3.8, 4) is 5.75 Å². The molecule has 3 aromatic rings. The van der Waals surface area contributed by atoms with Crippen LogP contribution in [0.3, 0.4) is 0 Å². The fourth-order valence-corrected chi connectivity index (χ4v) is 2.95. The van der Waals surface area contributed by atoms with E-state index in [4.69, 9.17) is 16.3 Å². The quantitative estimate of drug-likeness (QED) is 0.562. The number of nitrogens with one attached hydrogen (secondary N) is 2. The summed E-state index contributed by atoms with van der Waals surface area (Å²) in [5.41, 5.74) is 2.45. The van der Waals surface area contributed by atoms with Gasteiger partial charge in [-0.25, -0.2) is 9.97 Å². The van der Waals surface area contributed by atoms with Crippen LogP contribution in [-0.2, 0) is 0 Å². The minimum atomic E-state index is -0.539. The number of nitrogens with zero attached hydrogens (tertiary/aromatic N) is 2. The number of carbonyl (C=O) groups is 2. The van der Waals surface area contributed by atoms with Crippen molar-refractivity contribution in [2.24, 2.45) is 0 Å². The molecule has 0 aliphatic heterocycles. The molecule has 0 fully saturated rings. The number of para-hydroxylation sites is 1. The number of ether oxygens (including phenoxy) is 1. The number of aryl methyl sites for hydroxylation is 2. The minimum Gasteiger partial charge on any atom is -0.491 e. The molecule has 0 spiro atoms. The monoisotopic (exact) mass is 424 g/mol. The van der Waals surface area contributed by atoms with Crippen LogP contribution in [0, 0.1) is 13.8 Å². The Hall–Kier alpha value is -3.45. The summed E-state index contributed by atoms with van der Waals surface area (Å²) in [6.45, 7) is 4.46. The lowest BCUT2D eigenvalue weighted by Crippen LogP contribution is -2.31. The zero-order chi connectivity index (χ0) is 21.5. The van der Waals surface area contributed by atoms with E-state index in [9.17, 15) is 9.59 Å². The van der Waals surface area contributed by atoms with Crippen molar-refractivity contribution in [3.63, 3.8) is 0 Å². The van der Waals surface area contributed by atoms with Gasteiger partial charge in [-0.15, -0.1) is 0 Å². The normalized spacial score (nSPS) is 10.4. The number of hydrogen-bond acceptors (Lipinski definition) is 5. The van der Waals surface area contributed by atoms with Gasteiger partial charge >= 0.3 is 0 Å². The molecular weight excluding hydrogens is 404 g/mol. The van der Waals surface area contributed by atoms with Crippen molar-refractivity contribution in [2.45, 2.75) is 13.8 Å². The third-order valence-electron chi connectivity index (χ3n) is 4.27. The topological polar surface area (TPSA) is 93.2 Å². The summed E-state index contributed by atoms with van der Waals surface area (Å²) in [6, 6.07) is 12.5. The van der Waals surface area contributed by atoms with E-state index in [2.05, 4.69) is 20.6 Å². The predicted octanol–water partition coefficient (Wildman–Crippen LogP) is 3.81. The van der Waals surface area contributed by atoms with Crippen molar-refractivity contribution in [1.82, 2.24) is 15.3 Å². The fourth-order valence-electron chi connectivity index (χ4n) is 2.82. The van der Waals surface area contributed by atoms with E-state index in [0.29, 0.717) is 10.7 Å². The van der Waals surface area contributed by atoms with Gasteiger partial charge in [0.25, 0.3) is 11.8 Å². The lowest BCUT2D eigenvalue weighted by molar-refractivity contribution is 0.0927. The van der Waals surface area contributed by atoms with Gasteiger partial charge < -0.3 is 15.4 Å². The highest BCUT2D eigenvalue weighted by Gasteiger charge is 2.20. The maximum Gasteiger partial charge on any atom is 0.276 e. The first-order chi connectivity index (χ1) is 14.5. The number of anilines is 1. The van der Waals surface area contributed by atoms with Crippen molar-refractivity contribution < 1.29 is 14.3 Å². The number of hydrogen-bond donors (Lipinski definition) is 2. The number of amides is 2. The van der Waals surface area contributed by atoms with E-state index in [1.54, 1.807) is 24.3 Å². The van der Waals surface area contributed by atoms with E-state index in [0.717, 1.165) is 16.9 Å². The Morgan fingerprint density at radius 2 is 1.53 bits per heavy atom. The Morgan fingerprint density at radius 3 is 2.17 bits per heavy atom. The molecule has 0 atom stereocenters. The largest absolute Gasteiger partial charge is 0.491 e. The number of rotatable bonds is 7. The molecule has 0 saturated heterocycles. The van der Waals surface area contributed by atoms with Crippen LogP contribution in [0.2, 0.25) is 5.02 Å². The highest BCUT2D eigenvalue weighted by atomic mass is 35.5. The lowest BCUT2D eigenvalue weighted by atomic mass is 10.1. The smallest absolute Gasteiger partial charge is 0.276 e. The van der Waals surface area contributed by atoms with Gasteiger partial charge in [-0.2, -0.15) is 0 Å². The summed E-state index contributed by atoms with van der Waals surface area (Å²) in [5, 5.41) is 5.94. The number of aromatic nitrogens is 2. The lowest BCUT2D eigenvalue weighted by Gasteiger charge is -2.13. The molecule has 2 N–H and O–H groups in total. The van der Waals surface area contributed by atoms with E-state index in [1.807, 2.05) is 32.0 Å². The molecule has 1 heterocycles. The Balaban J connectivity index is 1.61. The van der Waals surface area contributed by atoms with Gasteiger partial charge in [0.1, 0.15) is 12.4 Å². The van der Waals surface area contributed by atoms with Gasteiger partial charge in [-0.05, 0) is 49.2 Å². The van der Waals surface area contributed by atoms with Gasteiger partial charge in [0, 0.05) is 23.1 Å². The van der Waals surface area contributed by atoms with E-state index < -0.39 is 11.8 Å². The SMILES string of the molecule is Cc1cccc(C)c1OCCNC(=O)c1nccnc1C(=O)Nc1ccc(Cl)cc1. The van der Waals surface area contributed by atoms with Crippen molar-refractivity contribution in [2.75, 3.05) is 18.5 Å². The molecule has 2 amide bonds. The molecule has 1 aromatic heterocycles. The molecule has 0 radical (unpaired) electrons. The molecule has 8 heteroatoms. The Kier molecular flexibility index (Phi) is 6.98. The molecule has 0 saturated carbocycles. The first-order valence-corrected chi connectivity index (χ1v) is 9.68. The standard InChI is InChI=1S/C22H21ClN4O3/c1-14-4-3-5-15(2)20(14)30-13-12-26-21(28)18-19(25-11-10-24-18)22(29)27-17-8-6-16(23)7-9-17/h3-11H,12-13H2,1-2H3,(H,26,28)(H,27,29). The molecule has 0 aliphatic carbocycles. The summed E-state index contributed by atoms with van der Waals surface area (Å²) in [7, 11) is 0. The van der Waals surface area contributed by atoms with Crippen LogP contribution in [0.25, 0.3) is 0 Å². The van der Waals surface area contributed by atoms with E-state index in [1.165, 1.54) is 12.4 Å². The molecule has 30 heavy (non-hydrogen) atoms. The Bertz CT molecular complexity index is 1030. The van der Waals surface area contributed by atoms with Crippen LogP contribution < -0.4 is 15.4 Å². The summed E-state index contributed by atoms with van der Waals surface area (Å²) in [4.78, 5) is 33.2. The van der Waals surface area contributed by atoms with Crippen LogP contribution in [0.5, 0.6) is 5.75 Å². The molecule has 0 aliphatic rings. The summed E-state index contributed by atoms with van der Waals surface area (Å²) >= 11 is 5.85. The van der Waals surface area contributed by atoms with Crippen molar-refractivity contribution >= 4 is 29.1 Å². The van der Waals surface area contributed by atoms with Crippen molar-refractivity contribution in [1.29, 1.82) is 0 Å². The van der Waals surface area contributed by atoms with Crippen molar-refractivity contribution in [3.05, 3.63) is 82.4 Å². The highest BCUT2D eigenvalue weighted by molar-refractivity contribution is 6.30. The Morgan fingerprint density at radius 1 is 0.933 bits per heavy atom. The van der Waals surface area contributed by atoms with Gasteiger partial charge in [-0.3, -0.25) is 9.59 Å². The van der Waals surface area contributed by atoms with Gasteiger partial charge in [0.05, 0.1) is 6.54 Å². The summed E-state index contributed by atoms with van der Waals surface area (Å²) < 4.78 is 5.78. The molecule has 0 bridgehead atoms. The third kappa shape index (κ3) is 5.33. The number of benzene rings is 2. The molecule has 2 aromatic carbocycles. The zero-order valence-corrected chi connectivity index (χ0v) is 17.4. The summed E-state index contributed by atoms with van der Waals surface area (Å²) in [6.07, 6.45) is 2.72. The van der Waals surface area contributed by atoms with E-state index in [-0.39, 0.29) is 24.5 Å². The molecule has 0 unspecified atom stereocenters. The van der Waals surface area contributed by atoms with Crippen LogP contribution in [-0.4, -0.2) is 34.9 Å². The second-order valence-corrected chi connectivity index (χ2v) is 6.98. The van der Waals surface area contributed by atoms with Crippen LogP contribution in [0.15, 0.2) is 54.9 Å². The Labute approximate surface area is 179 Å². The average molecular weight is 425 g/mol. The first kappa shape index (κ1) is 21.3. The average Bonchev–Trinajstić information content (AvgIpc) is 2.74. The highest BCUT2D eigenvalue weighted by Crippen LogP contribution is 2.22. The molecule has 154 valence electrons. The zero-order valence-electron chi connectivity index (χ0n) is 16.6.